The second kappa shape index (κ2) is 7.71. The predicted octanol–water partition coefficient (Wildman–Crippen LogP) is 0.518. The molecule has 0 aliphatic heterocycles. The summed E-state index contributed by atoms with van der Waals surface area (Å²) in [5, 5.41) is 11.4. The van der Waals surface area contributed by atoms with Crippen LogP contribution in [0.15, 0.2) is 18.5 Å². The first-order valence-electron chi connectivity index (χ1n) is 5.10. The summed E-state index contributed by atoms with van der Waals surface area (Å²) >= 11 is 1.67. The normalized spacial score (nSPS) is 9.29. The van der Waals surface area contributed by atoms with E-state index >= 15 is 0 Å². The van der Waals surface area contributed by atoms with E-state index in [4.69, 9.17) is 5.11 Å². The second-order valence-corrected chi connectivity index (χ2v) is 4.12. The average molecular weight is 250 g/mol. The van der Waals surface area contributed by atoms with E-state index in [9.17, 15) is 4.79 Å². The summed E-state index contributed by atoms with van der Waals surface area (Å²) in [6.45, 7) is 0.387. The van der Waals surface area contributed by atoms with Gasteiger partial charge >= 0.3 is 0 Å². The molecule has 0 aliphatic rings. The Morgan fingerprint density at radius 3 is 3.18 bits per heavy atom. The first kappa shape index (κ1) is 13.6. The molecule has 1 rings (SSSR count). The number of rotatable bonds is 4. The van der Waals surface area contributed by atoms with Crippen molar-refractivity contribution < 1.29 is 9.90 Å². The minimum atomic E-state index is -0.234. The Morgan fingerprint density at radius 1 is 1.65 bits per heavy atom. The van der Waals surface area contributed by atoms with Gasteiger partial charge in [-0.25, -0.2) is 0 Å². The van der Waals surface area contributed by atoms with Gasteiger partial charge in [-0.3, -0.25) is 9.78 Å². The number of thioether (sulfide) groups is 1. The molecular formula is C12H14N2O2S. The minimum Gasteiger partial charge on any atom is -0.384 e. The van der Waals surface area contributed by atoms with E-state index in [-0.39, 0.29) is 12.5 Å². The predicted molar refractivity (Wildman–Crippen MR) is 68.9 cm³/mol. The molecule has 0 radical (unpaired) electrons. The fourth-order valence-corrected chi connectivity index (χ4v) is 1.49. The van der Waals surface area contributed by atoms with Crippen LogP contribution in [0.5, 0.6) is 0 Å². The monoisotopic (exact) mass is 250 g/mol. The first-order chi connectivity index (χ1) is 8.29. The van der Waals surface area contributed by atoms with E-state index in [1.807, 2.05) is 6.26 Å². The summed E-state index contributed by atoms with van der Waals surface area (Å²) in [6.07, 6.45) is 5.05. The van der Waals surface area contributed by atoms with E-state index in [2.05, 4.69) is 22.1 Å². The molecule has 17 heavy (non-hydrogen) atoms. The molecule has 4 nitrogen and oxygen atoms in total. The van der Waals surface area contributed by atoms with Crippen molar-refractivity contribution in [2.24, 2.45) is 0 Å². The summed E-state index contributed by atoms with van der Waals surface area (Å²) in [4.78, 5) is 15.7. The Morgan fingerprint density at radius 2 is 2.47 bits per heavy atom. The van der Waals surface area contributed by atoms with Crippen molar-refractivity contribution in [2.75, 3.05) is 25.2 Å². The molecule has 0 bridgehead atoms. The van der Waals surface area contributed by atoms with Gasteiger partial charge < -0.3 is 10.4 Å². The number of aliphatic hydroxyl groups excluding tert-OH is 1. The lowest BCUT2D eigenvalue weighted by Crippen LogP contribution is -2.26. The number of carbonyl (C=O) groups is 1. The van der Waals surface area contributed by atoms with E-state index in [0.717, 1.165) is 5.75 Å². The van der Waals surface area contributed by atoms with Crippen molar-refractivity contribution >= 4 is 17.7 Å². The Balaban J connectivity index is 2.78. The molecule has 0 spiro atoms. The molecular weight excluding hydrogens is 236 g/mol. The van der Waals surface area contributed by atoms with Gasteiger partial charge in [0.25, 0.3) is 5.91 Å². The van der Waals surface area contributed by atoms with Gasteiger partial charge in [0.15, 0.2) is 0 Å². The van der Waals surface area contributed by atoms with Gasteiger partial charge in [0.05, 0.1) is 11.1 Å². The number of aromatic nitrogens is 1. The van der Waals surface area contributed by atoms with Gasteiger partial charge in [0.1, 0.15) is 6.61 Å². The number of amides is 1. The zero-order valence-electron chi connectivity index (χ0n) is 9.56. The zero-order valence-corrected chi connectivity index (χ0v) is 10.4. The van der Waals surface area contributed by atoms with Crippen LogP contribution in [0.1, 0.15) is 15.9 Å². The lowest BCUT2D eigenvalue weighted by Gasteiger charge is -2.05. The zero-order chi connectivity index (χ0) is 12.5. The largest absolute Gasteiger partial charge is 0.384 e. The topological polar surface area (TPSA) is 62.2 Å². The van der Waals surface area contributed by atoms with Crippen LogP contribution in [0.3, 0.4) is 0 Å². The van der Waals surface area contributed by atoms with E-state index in [0.29, 0.717) is 17.7 Å². The molecule has 0 saturated carbocycles. The van der Waals surface area contributed by atoms with Crippen LogP contribution in [-0.4, -0.2) is 41.2 Å². The average Bonchev–Trinajstić information content (AvgIpc) is 2.37. The number of pyridine rings is 1. The van der Waals surface area contributed by atoms with E-state index < -0.39 is 0 Å². The highest BCUT2D eigenvalue weighted by Crippen LogP contribution is 2.05. The van der Waals surface area contributed by atoms with Crippen molar-refractivity contribution in [1.82, 2.24) is 10.3 Å². The Bertz CT molecular complexity index is 438. The standard InChI is InChI=1S/C12H14N2O2S/c1-17-8-6-14-12(16)11-4-5-13-9-10(11)3-2-7-15/h4-5,9,15H,6-8H2,1H3,(H,14,16). The molecule has 0 aliphatic carbocycles. The number of hydrogen-bond acceptors (Lipinski definition) is 4. The molecule has 0 aromatic carbocycles. The second-order valence-electron chi connectivity index (χ2n) is 3.13. The van der Waals surface area contributed by atoms with Crippen LogP contribution >= 0.6 is 11.8 Å². The molecule has 1 aromatic heterocycles. The molecule has 1 aromatic rings. The quantitative estimate of drug-likeness (QED) is 0.604. The van der Waals surface area contributed by atoms with E-state index in [1.165, 1.54) is 6.20 Å². The highest BCUT2D eigenvalue weighted by molar-refractivity contribution is 7.98. The molecule has 1 heterocycles. The number of nitrogens with zero attached hydrogens (tertiary/aromatic N) is 1. The van der Waals surface area contributed by atoms with Crippen molar-refractivity contribution in [3.05, 3.63) is 29.6 Å². The van der Waals surface area contributed by atoms with Gasteiger partial charge in [-0.05, 0) is 12.3 Å². The summed E-state index contributed by atoms with van der Waals surface area (Å²) in [7, 11) is 0. The fraction of sp³-hybridized carbons (Fsp3) is 0.333. The molecule has 0 saturated heterocycles. The number of aliphatic hydroxyl groups is 1. The number of nitrogens with one attached hydrogen (secondary N) is 1. The van der Waals surface area contributed by atoms with Crippen molar-refractivity contribution in [2.45, 2.75) is 0 Å². The molecule has 1 amide bonds. The van der Waals surface area contributed by atoms with Crippen molar-refractivity contribution in [1.29, 1.82) is 0 Å². The van der Waals surface area contributed by atoms with Crippen LogP contribution in [0.2, 0.25) is 0 Å². The third kappa shape index (κ3) is 4.47. The van der Waals surface area contributed by atoms with Gasteiger partial charge in [-0.2, -0.15) is 11.8 Å². The summed E-state index contributed by atoms with van der Waals surface area (Å²) in [5.74, 6) is 5.92. The van der Waals surface area contributed by atoms with Gasteiger partial charge in [-0.15, -0.1) is 0 Å². The Hall–Kier alpha value is -1.51. The first-order valence-corrected chi connectivity index (χ1v) is 6.50. The maximum atomic E-state index is 11.8. The third-order valence-electron chi connectivity index (χ3n) is 1.96. The Labute approximate surface area is 105 Å². The maximum absolute atomic E-state index is 11.8. The van der Waals surface area contributed by atoms with Crippen LogP contribution in [0.4, 0.5) is 0 Å². The summed E-state index contributed by atoms with van der Waals surface area (Å²) in [6, 6.07) is 1.62. The summed E-state index contributed by atoms with van der Waals surface area (Å²) < 4.78 is 0. The number of hydrogen-bond donors (Lipinski definition) is 2. The summed E-state index contributed by atoms with van der Waals surface area (Å²) in [5.41, 5.74) is 1.02. The molecule has 90 valence electrons. The van der Waals surface area contributed by atoms with Crippen molar-refractivity contribution in [3.63, 3.8) is 0 Å². The smallest absolute Gasteiger partial charge is 0.252 e. The van der Waals surface area contributed by atoms with Crippen LogP contribution < -0.4 is 5.32 Å². The van der Waals surface area contributed by atoms with Gasteiger partial charge in [-0.1, -0.05) is 11.8 Å². The lowest BCUT2D eigenvalue weighted by molar-refractivity contribution is 0.0956. The van der Waals surface area contributed by atoms with Gasteiger partial charge in [0, 0.05) is 24.7 Å². The van der Waals surface area contributed by atoms with Crippen molar-refractivity contribution in [3.8, 4) is 11.8 Å². The SMILES string of the molecule is CSCCNC(=O)c1ccncc1C#CCO. The highest BCUT2D eigenvalue weighted by Gasteiger charge is 2.08. The molecule has 0 unspecified atom stereocenters. The minimum absolute atomic E-state index is 0.163. The molecule has 0 atom stereocenters. The molecule has 2 N–H and O–H groups in total. The van der Waals surface area contributed by atoms with Crippen LogP contribution in [0, 0.1) is 11.8 Å². The maximum Gasteiger partial charge on any atom is 0.252 e. The fourth-order valence-electron chi connectivity index (χ4n) is 1.19. The highest BCUT2D eigenvalue weighted by atomic mass is 32.2. The third-order valence-corrected chi connectivity index (χ3v) is 2.57. The number of carbonyl (C=O) groups excluding carboxylic acids is 1. The molecule has 0 fully saturated rings. The lowest BCUT2D eigenvalue weighted by atomic mass is 10.1. The molecule has 5 heteroatoms. The van der Waals surface area contributed by atoms with E-state index in [1.54, 1.807) is 24.0 Å². The Kier molecular flexibility index (Phi) is 6.15. The van der Waals surface area contributed by atoms with Gasteiger partial charge in [0.2, 0.25) is 0 Å². The van der Waals surface area contributed by atoms with Crippen LogP contribution in [0.25, 0.3) is 0 Å². The van der Waals surface area contributed by atoms with Crippen LogP contribution in [-0.2, 0) is 0 Å².